The van der Waals surface area contributed by atoms with Crippen molar-refractivity contribution in [2.75, 3.05) is 0 Å². The van der Waals surface area contributed by atoms with Gasteiger partial charge in [-0.25, -0.2) is 4.98 Å². The zero-order valence-electron chi connectivity index (χ0n) is 12.9. The van der Waals surface area contributed by atoms with E-state index < -0.39 is 0 Å². The van der Waals surface area contributed by atoms with Crippen LogP contribution in [0.5, 0.6) is 0 Å². The van der Waals surface area contributed by atoms with E-state index in [0.29, 0.717) is 5.84 Å². The van der Waals surface area contributed by atoms with Crippen molar-refractivity contribution in [3.63, 3.8) is 0 Å². The smallest absolute Gasteiger partial charge is 0.201 e. The Morgan fingerprint density at radius 1 is 1.29 bits per heavy atom. The maximum Gasteiger partial charge on any atom is 0.201 e. The lowest BCUT2D eigenvalue weighted by molar-refractivity contribution is 0.0851. The van der Waals surface area contributed by atoms with Crippen LogP contribution in [0.25, 0.3) is 0 Å². The second-order valence-corrected chi connectivity index (χ2v) is 5.21. The number of hydrogen-bond acceptors (Lipinski definition) is 4. The molecule has 0 bridgehead atoms. The van der Waals surface area contributed by atoms with Gasteiger partial charge in [0.2, 0.25) is 5.84 Å². The molecule has 0 amide bonds. The summed E-state index contributed by atoms with van der Waals surface area (Å²) in [5.74, 6) is 0.642. The van der Waals surface area contributed by atoms with Crippen LogP contribution >= 0.6 is 0 Å². The molecule has 0 aliphatic rings. The summed E-state index contributed by atoms with van der Waals surface area (Å²) in [6, 6.07) is 8.37. The molecular formula is C16H22N4O. The molecule has 0 aliphatic carbocycles. The largest absolute Gasteiger partial charge is 0.391 e. The first-order chi connectivity index (χ1) is 10.2. The van der Waals surface area contributed by atoms with Crippen LogP contribution in [0.15, 0.2) is 42.1 Å². The molecule has 2 aromatic rings. The molecule has 0 fully saturated rings. The second kappa shape index (κ2) is 7.57. The third kappa shape index (κ3) is 4.41. The van der Waals surface area contributed by atoms with E-state index in [9.17, 15) is 0 Å². The number of benzene rings is 1. The average Bonchev–Trinajstić information content (AvgIpc) is 3.00. The summed E-state index contributed by atoms with van der Waals surface area (Å²) in [4.78, 5) is 9.35. The number of unbranched alkanes of at least 4 members (excludes halogenated alkanes) is 1. The van der Waals surface area contributed by atoms with Crippen molar-refractivity contribution in [3.8, 4) is 0 Å². The monoisotopic (exact) mass is 286 g/mol. The van der Waals surface area contributed by atoms with Gasteiger partial charge in [0.15, 0.2) is 0 Å². The summed E-state index contributed by atoms with van der Waals surface area (Å²) >= 11 is 0. The molecule has 0 spiro atoms. The van der Waals surface area contributed by atoms with Crippen molar-refractivity contribution in [3.05, 3.63) is 48.0 Å². The fourth-order valence-electron chi connectivity index (χ4n) is 1.90. The lowest BCUT2D eigenvalue weighted by atomic mass is 10.1. The average molecular weight is 286 g/mol. The first kappa shape index (κ1) is 15.2. The Labute approximate surface area is 125 Å². The second-order valence-electron chi connectivity index (χ2n) is 5.21. The van der Waals surface area contributed by atoms with Crippen LogP contribution in [0.3, 0.4) is 0 Å². The highest BCUT2D eigenvalue weighted by Gasteiger charge is 2.09. The SMILES string of the molecule is CCCCc1ccc(C(=NOC(C)C)n2cncn2)cc1. The lowest BCUT2D eigenvalue weighted by Crippen LogP contribution is -2.16. The quantitative estimate of drug-likeness (QED) is 0.465. The molecule has 0 atom stereocenters. The summed E-state index contributed by atoms with van der Waals surface area (Å²) in [5, 5.41) is 8.34. The number of nitrogens with zero attached hydrogens (tertiary/aromatic N) is 4. The van der Waals surface area contributed by atoms with Crippen LogP contribution < -0.4 is 0 Å². The van der Waals surface area contributed by atoms with Crippen molar-refractivity contribution in [2.24, 2.45) is 5.16 Å². The summed E-state index contributed by atoms with van der Waals surface area (Å²) in [5.41, 5.74) is 2.30. The zero-order valence-corrected chi connectivity index (χ0v) is 12.9. The molecule has 0 saturated carbocycles. The number of rotatable bonds is 6. The predicted molar refractivity (Wildman–Crippen MR) is 83.2 cm³/mol. The van der Waals surface area contributed by atoms with Crippen LogP contribution in [-0.2, 0) is 11.3 Å². The van der Waals surface area contributed by atoms with Crippen molar-refractivity contribution >= 4 is 5.84 Å². The molecule has 21 heavy (non-hydrogen) atoms. The van der Waals surface area contributed by atoms with Gasteiger partial charge in [-0.15, -0.1) is 0 Å². The van der Waals surface area contributed by atoms with E-state index in [4.69, 9.17) is 4.84 Å². The van der Waals surface area contributed by atoms with Gasteiger partial charge in [0.05, 0.1) is 0 Å². The van der Waals surface area contributed by atoms with E-state index >= 15 is 0 Å². The third-order valence-electron chi connectivity index (χ3n) is 3.02. The van der Waals surface area contributed by atoms with Crippen LogP contribution in [0.2, 0.25) is 0 Å². The van der Waals surface area contributed by atoms with Gasteiger partial charge in [-0.3, -0.25) is 0 Å². The molecule has 1 aromatic heterocycles. The molecule has 0 saturated heterocycles. The highest BCUT2D eigenvalue weighted by Crippen LogP contribution is 2.10. The zero-order chi connectivity index (χ0) is 15.1. The van der Waals surface area contributed by atoms with Gasteiger partial charge in [-0.1, -0.05) is 42.8 Å². The van der Waals surface area contributed by atoms with Crippen LogP contribution in [0.4, 0.5) is 0 Å². The Hall–Kier alpha value is -2.17. The summed E-state index contributed by atoms with van der Waals surface area (Å²) in [6.07, 6.45) is 6.64. The molecule has 112 valence electrons. The van der Waals surface area contributed by atoms with E-state index in [-0.39, 0.29) is 6.10 Å². The Morgan fingerprint density at radius 3 is 2.62 bits per heavy atom. The maximum absolute atomic E-state index is 5.38. The minimum Gasteiger partial charge on any atom is -0.391 e. The Kier molecular flexibility index (Phi) is 5.49. The van der Waals surface area contributed by atoms with E-state index in [1.54, 1.807) is 11.0 Å². The van der Waals surface area contributed by atoms with Crippen molar-refractivity contribution in [1.29, 1.82) is 0 Å². The first-order valence-electron chi connectivity index (χ1n) is 7.39. The topological polar surface area (TPSA) is 52.3 Å². The first-order valence-corrected chi connectivity index (χ1v) is 7.39. The molecule has 1 aromatic carbocycles. The normalized spacial score (nSPS) is 11.9. The number of aryl methyl sites for hydroxylation is 1. The van der Waals surface area contributed by atoms with Crippen molar-refractivity contribution < 1.29 is 4.84 Å². The van der Waals surface area contributed by atoms with E-state index in [1.807, 2.05) is 13.8 Å². The van der Waals surface area contributed by atoms with Gasteiger partial charge < -0.3 is 4.84 Å². The predicted octanol–water partition coefficient (Wildman–Crippen LogP) is 3.26. The van der Waals surface area contributed by atoms with Gasteiger partial charge >= 0.3 is 0 Å². The van der Waals surface area contributed by atoms with E-state index in [1.165, 1.54) is 24.7 Å². The Morgan fingerprint density at radius 2 is 2.05 bits per heavy atom. The standard InChI is InChI=1S/C16H22N4O/c1-4-5-6-14-7-9-15(10-8-14)16(19-21-13(2)3)20-12-17-11-18-20/h7-13H,4-6H2,1-3H3. The molecule has 0 N–H and O–H groups in total. The third-order valence-corrected chi connectivity index (χ3v) is 3.02. The van der Waals surface area contributed by atoms with Gasteiger partial charge in [-0.2, -0.15) is 9.78 Å². The van der Waals surface area contributed by atoms with Gasteiger partial charge in [0.25, 0.3) is 0 Å². The van der Waals surface area contributed by atoms with Gasteiger partial charge in [0.1, 0.15) is 18.8 Å². The van der Waals surface area contributed by atoms with Crippen molar-refractivity contribution in [1.82, 2.24) is 14.8 Å². The summed E-state index contributed by atoms with van der Waals surface area (Å²) in [6.45, 7) is 6.08. The molecule has 0 unspecified atom stereocenters. The Balaban J connectivity index is 2.22. The van der Waals surface area contributed by atoms with Crippen LogP contribution in [0.1, 0.15) is 44.7 Å². The molecule has 5 heteroatoms. The highest BCUT2D eigenvalue weighted by molar-refractivity contribution is 5.99. The number of hydrogen-bond donors (Lipinski definition) is 0. The molecule has 2 rings (SSSR count). The fourth-order valence-corrected chi connectivity index (χ4v) is 1.90. The van der Waals surface area contributed by atoms with Gasteiger partial charge in [0, 0.05) is 5.56 Å². The molecule has 0 aliphatic heterocycles. The molecule has 0 radical (unpaired) electrons. The summed E-state index contributed by atoms with van der Waals surface area (Å²) in [7, 11) is 0. The lowest BCUT2D eigenvalue weighted by Gasteiger charge is -2.09. The maximum atomic E-state index is 5.38. The van der Waals surface area contributed by atoms with E-state index in [0.717, 1.165) is 12.0 Å². The van der Waals surface area contributed by atoms with Crippen LogP contribution in [-0.4, -0.2) is 26.7 Å². The molecule has 1 heterocycles. The summed E-state index contributed by atoms with van der Waals surface area (Å²) < 4.78 is 1.61. The highest BCUT2D eigenvalue weighted by atomic mass is 16.6. The van der Waals surface area contributed by atoms with Crippen molar-refractivity contribution in [2.45, 2.75) is 46.1 Å². The molecule has 5 nitrogen and oxygen atoms in total. The minimum atomic E-state index is 0.0207. The number of aromatic nitrogens is 3. The Bertz CT molecular complexity index is 558. The van der Waals surface area contributed by atoms with Gasteiger partial charge in [-0.05, 0) is 32.3 Å². The fraction of sp³-hybridized carbons (Fsp3) is 0.438. The number of oxime groups is 1. The minimum absolute atomic E-state index is 0.0207. The molecular weight excluding hydrogens is 264 g/mol. The van der Waals surface area contributed by atoms with Crippen LogP contribution in [0, 0.1) is 0 Å². The van der Waals surface area contributed by atoms with E-state index in [2.05, 4.69) is 46.4 Å².